The van der Waals surface area contributed by atoms with Crippen LogP contribution in [0.5, 0.6) is 0 Å². The minimum Gasteiger partial charge on any atom is -0.355 e. The SMILES string of the molecule is CC1(C)CCC(C)(C)c2cc(Nc3cc4c(cc3-c3cc5ccccc5c5c3Bc3cccc6c3N5c3ccccc3C6(C3=CC=CCC3)c3ccccc3)sc3ccccc34)ccc21. The van der Waals surface area contributed by atoms with Crippen molar-refractivity contribution in [2.45, 2.75) is 69.6 Å². The number of para-hydroxylation sites is 2. The van der Waals surface area contributed by atoms with E-state index >= 15 is 0 Å². The summed E-state index contributed by atoms with van der Waals surface area (Å²) in [6, 6.07) is 60.4. The van der Waals surface area contributed by atoms with Crippen LogP contribution in [0.15, 0.2) is 182 Å². The molecule has 2 aliphatic heterocycles. The number of thiophene rings is 1. The first-order valence-electron chi connectivity index (χ1n) is 23.6. The van der Waals surface area contributed by atoms with E-state index in [9.17, 15) is 0 Å². The van der Waals surface area contributed by atoms with Crippen molar-refractivity contribution in [3.05, 3.63) is 209 Å². The largest absolute Gasteiger partial charge is 0.355 e. The first kappa shape index (κ1) is 38.8. The highest BCUT2D eigenvalue weighted by molar-refractivity contribution is 7.25. The Kier molecular flexibility index (Phi) is 8.47. The standard InChI is InChI=1S/C61H51BN2S/c1-59(2)32-33-60(3,4)50-35-41(30-31-47(50)59)63-52-36-45-43-24-13-16-29-54(43)65-55(45)37-44(52)46-34-38-18-11-12-23-42(38)57-56(46)62-51-27-17-26-49-58(51)64(57)53-28-15-14-25-48(53)61(49,39-19-7-5-8-20-39)40-21-9-6-10-22-40/h5-9,11-21,23-31,34-37,62-63H,10,22,32-33H2,1-4H3. The van der Waals surface area contributed by atoms with Gasteiger partial charge >= 0.3 is 0 Å². The van der Waals surface area contributed by atoms with Crippen LogP contribution in [0.25, 0.3) is 42.1 Å². The van der Waals surface area contributed by atoms with E-state index in [0.29, 0.717) is 0 Å². The maximum atomic E-state index is 4.11. The van der Waals surface area contributed by atoms with E-state index in [4.69, 9.17) is 0 Å². The summed E-state index contributed by atoms with van der Waals surface area (Å²) in [5.41, 5.74) is 19.7. The molecule has 0 fully saturated rings. The molecule has 0 spiro atoms. The Hall–Kier alpha value is -6.62. The van der Waals surface area contributed by atoms with Gasteiger partial charge < -0.3 is 10.2 Å². The van der Waals surface area contributed by atoms with Crippen molar-refractivity contribution in [2.24, 2.45) is 0 Å². The molecule has 3 heterocycles. The van der Waals surface area contributed by atoms with Crippen molar-refractivity contribution < 1.29 is 0 Å². The Bertz CT molecular complexity index is 3520. The summed E-state index contributed by atoms with van der Waals surface area (Å²) in [6.07, 6.45) is 11.5. The van der Waals surface area contributed by atoms with Gasteiger partial charge in [-0.25, -0.2) is 0 Å². The number of allylic oxidation sites excluding steroid dienone is 4. The van der Waals surface area contributed by atoms with Crippen molar-refractivity contribution in [2.75, 3.05) is 10.2 Å². The highest BCUT2D eigenvalue weighted by Crippen LogP contribution is 2.60. The van der Waals surface area contributed by atoms with Gasteiger partial charge in [0, 0.05) is 53.9 Å². The molecule has 1 unspecified atom stereocenters. The van der Waals surface area contributed by atoms with Gasteiger partial charge in [0.25, 0.3) is 0 Å². The second-order valence-electron chi connectivity index (χ2n) is 20.2. The van der Waals surface area contributed by atoms with E-state index in [1.807, 2.05) is 11.3 Å². The van der Waals surface area contributed by atoms with Crippen LogP contribution in [0.4, 0.5) is 28.4 Å². The summed E-state index contributed by atoms with van der Waals surface area (Å²) in [5.74, 6) is 0. The minimum absolute atomic E-state index is 0.107. The van der Waals surface area contributed by atoms with Crippen LogP contribution in [0.1, 0.15) is 81.2 Å². The number of rotatable bonds is 5. The first-order valence-corrected chi connectivity index (χ1v) is 24.4. The fourth-order valence-corrected chi connectivity index (χ4v) is 13.5. The van der Waals surface area contributed by atoms with E-state index in [-0.39, 0.29) is 10.8 Å². The Balaban J connectivity index is 1.08. The fraction of sp³-hybridized carbons (Fsp3) is 0.180. The molecule has 2 aliphatic carbocycles. The van der Waals surface area contributed by atoms with Crippen LogP contribution in [0.2, 0.25) is 0 Å². The number of hydrogen-bond donors (Lipinski definition) is 1. The lowest BCUT2D eigenvalue weighted by Gasteiger charge is -2.50. The zero-order chi connectivity index (χ0) is 43.7. The molecule has 4 heteroatoms. The summed E-state index contributed by atoms with van der Waals surface area (Å²) < 4.78 is 2.63. The third-order valence-corrected chi connectivity index (χ3v) is 16.8. The van der Waals surface area contributed by atoms with Crippen LogP contribution in [-0.4, -0.2) is 7.28 Å². The van der Waals surface area contributed by atoms with Gasteiger partial charge in [-0.2, -0.15) is 0 Å². The third-order valence-electron chi connectivity index (χ3n) is 15.7. The van der Waals surface area contributed by atoms with Crippen molar-refractivity contribution >= 4 is 88.9 Å². The highest BCUT2D eigenvalue weighted by Gasteiger charge is 2.49. The lowest BCUT2D eigenvalue weighted by Crippen LogP contribution is -2.47. The van der Waals surface area contributed by atoms with Crippen LogP contribution < -0.4 is 21.1 Å². The Morgan fingerprint density at radius 2 is 1.34 bits per heavy atom. The molecule has 0 bridgehead atoms. The average molecular weight is 855 g/mol. The maximum absolute atomic E-state index is 4.11. The molecule has 65 heavy (non-hydrogen) atoms. The second-order valence-corrected chi connectivity index (χ2v) is 21.3. The normalized spacial score (nSPS) is 18.6. The van der Waals surface area contributed by atoms with Gasteiger partial charge in [0.15, 0.2) is 7.28 Å². The number of nitrogens with zero attached hydrogens (tertiary/aromatic N) is 1. The van der Waals surface area contributed by atoms with Gasteiger partial charge in [-0.1, -0.05) is 172 Å². The predicted molar refractivity (Wildman–Crippen MR) is 281 cm³/mol. The highest BCUT2D eigenvalue weighted by atomic mass is 32.1. The molecule has 1 aromatic heterocycles. The third kappa shape index (κ3) is 5.66. The van der Waals surface area contributed by atoms with Crippen molar-refractivity contribution in [3.8, 4) is 11.1 Å². The lowest BCUT2D eigenvalue weighted by atomic mass is 9.53. The lowest BCUT2D eigenvalue weighted by molar-refractivity contribution is 0.332. The first-order chi connectivity index (χ1) is 31.7. The average Bonchev–Trinajstić information content (AvgIpc) is 3.70. The van der Waals surface area contributed by atoms with Crippen molar-refractivity contribution in [1.82, 2.24) is 0 Å². The minimum atomic E-state index is -0.433. The number of nitrogens with one attached hydrogen (secondary N) is 1. The molecule has 0 saturated heterocycles. The van der Waals surface area contributed by atoms with Gasteiger partial charge in [0.05, 0.1) is 11.1 Å². The van der Waals surface area contributed by atoms with Crippen molar-refractivity contribution in [1.29, 1.82) is 0 Å². The Morgan fingerprint density at radius 3 is 2.18 bits per heavy atom. The molecule has 0 radical (unpaired) electrons. The van der Waals surface area contributed by atoms with E-state index in [1.165, 1.54) is 116 Å². The van der Waals surface area contributed by atoms with E-state index < -0.39 is 5.41 Å². The molecule has 13 rings (SSSR count). The Labute approximate surface area is 387 Å². The molecular weight excluding hydrogens is 804 g/mol. The molecule has 1 N–H and O–H groups in total. The fourth-order valence-electron chi connectivity index (χ4n) is 12.4. The summed E-state index contributed by atoms with van der Waals surface area (Å²) in [5, 5.41) is 9.26. The van der Waals surface area contributed by atoms with Crippen LogP contribution in [0.3, 0.4) is 0 Å². The number of benzene rings is 8. The van der Waals surface area contributed by atoms with Crippen LogP contribution in [0, 0.1) is 0 Å². The van der Waals surface area contributed by atoms with Crippen molar-refractivity contribution in [3.63, 3.8) is 0 Å². The molecule has 1 atom stereocenters. The molecule has 2 nitrogen and oxygen atoms in total. The molecule has 0 amide bonds. The van der Waals surface area contributed by atoms with Crippen LogP contribution in [-0.2, 0) is 16.2 Å². The summed E-state index contributed by atoms with van der Waals surface area (Å²) in [7, 11) is 0.827. The van der Waals surface area contributed by atoms with E-state index in [2.05, 4.69) is 214 Å². The van der Waals surface area contributed by atoms with Gasteiger partial charge in [0.2, 0.25) is 0 Å². The second kappa shape index (κ2) is 14.2. The quantitative estimate of drug-likeness (QED) is 0.174. The smallest absolute Gasteiger partial charge is 0.198 e. The zero-order valence-corrected chi connectivity index (χ0v) is 38.5. The molecule has 4 aliphatic rings. The van der Waals surface area contributed by atoms with Gasteiger partial charge in [0.1, 0.15) is 0 Å². The number of hydrogen-bond acceptors (Lipinski definition) is 3. The van der Waals surface area contributed by atoms with Gasteiger partial charge in [-0.3, -0.25) is 0 Å². The number of anilines is 5. The molecule has 9 aromatic rings. The summed E-state index contributed by atoms with van der Waals surface area (Å²) >= 11 is 1.90. The maximum Gasteiger partial charge on any atom is 0.198 e. The molecule has 8 aromatic carbocycles. The molecule has 314 valence electrons. The monoisotopic (exact) mass is 854 g/mol. The summed E-state index contributed by atoms with van der Waals surface area (Å²) in [4.78, 5) is 2.67. The number of fused-ring (bicyclic) bond motifs is 10. The Morgan fingerprint density at radius 1 is 0.585 bits per heavy atom. The predicted octanol–water partition coefficient (Wildman–Crippen LogP) is 15.1. The molecular formula is C61H51BN2S. The van der Waals surface area contributed by atoms with E-state index in [0.717, 1.165) is 31.5 Å². The summed E-state index contributed by atoms with van der Waals surface area (Å²) in [6.45, 7) is 9.68. The van der Waals surface area contributed by atoms with Gasteiger partial charge in [-0.05, 0) is 123 Å². The van der Waals surface area contributed by atoms with E-state index in [1.54, 1.807) is 0 Å². The zero-order valence-electron chi connectivity index (χ0n) is 37.6. The van der Waals surface area contributed by atoms with Gasteiger partial charge in [-0.15, -0.1) is 11.3 Å². The topological polar surface area (TPSA) is 15.3 Å². The van der Waals surface area contributed by atoms with Crippen LogP contribution >= 0.6 is 11.3 Å². The molecule has 0 saturated carbocycles.